The van der Waals surface area contributed by atoms with E-state index in [9.17, 15) is 13.7 Å². The lowest BCUT2D eigenvalue weighted by Gasteiger charge is -2.17. The summed E-state index contributed by atoms with van der Waals surface area (Å²) in [5.41, 5.74) is 3.91. The Hall–Kier alpha value is -2.98. The van der Waals surface area contributed by atoms with Gasteiger partial charge in [-0.1, -0.05) is 38.3 Å². The highest BCUT2D eigenvalue weighted by Gasteiger charge is 2.20. The lowest BCUT2D eigenvalue weighted by Crippen LogP contribution is -2.24. The van der Waals surface area contributed by atoms with E-state index in [4.69, 9.17) is 4.74 Å². The number of nitrogens with zero attached hydrogens (tertiary/aromatic N) is 3. The second kappa shape index (κ2) is 9.44. The van der Waals surface area contributed by atoms with Crippen molar-refractivity contribution in [3.63, 3.8) is 0 Å². The van der Waals surface area contributed by atoms with Gasteiger partial charge in [-0.25, -0.2) is 8.42 Å². The average molecular weight is 440 g/mol. The molecule has 0 aliphatic rings. The van der Waals surface area contributed by atoms with Crippen LogP contribution in [0.2, 0.25) is 0 Å². The molecule has 0 aliphatic carbocycles. The van der Waals surface area contributed by atoms with Gasteiger partial charge in [0.25, 0.3) is 0 Å². The molecule has 0 N–H and O–H groups in total. The zero-order valence-electron chi connectivity index (χ0n) is 18.6. The first-order chi connectivity index (χ1) is 14.8. The van der Waals surface area contributed by atoms with Crippen molar-refractivity contribution in [2.24, 2.45) is 0 Å². The maximum Gasteiger partial charge on any atom is 0.231 e. The summed E-state index contributed by atoms with van der Waals surface area (Å²) in [4.78, 5) is 0. The number of methoxy groups -OCH3 is 1. The summed E-state index contributed by atoms with van der Waals surface area (Å²) >= 11 is 0. The predicted molar refractivity (Wildman–Crippen MR) is 126 cm³/mol. The molecule has 1 heterocycles. The number of nitriles is 1. The molecule has 3 rings (SSSR count). The Balaban J connectivity index is 2.14. The Morgan fingerprint density at radius 1 is 1.10 bits per heavy atom. The summed E-state index contributed by atoms with van der Waals surface area (Å²) in [7, 11) is -0.171. The van der Waals surface area contributed by atoms with Crippen LogP contribution in [0.25, 0.3) is 22.2 Å². The standard InChI is InChI=1S/C24H29N3O3S/c1-5-6-7-8-15-27-23-16-20(30-3)13-14-21(23)22(17-25)24(27)18-9-11-19(12-10-18)26(2)31(4,28)29/h9-14,16H,5-8,15H2,1-4H3. The molecule has 1 aromatic heterocycles. The minimum absolute atomic E-state index is 0.581. The second-order valence-corrected chi connectivity index (χ2v) is 9.72. The van der Waals surface area contributed by atoms with E-state index in [2.05, 4.69) is 17.6 Å². The van der Waals surface area contributed by atoms with Crippen molar-refractivity contribution in [2.75, 3.05) is 24.7 Å². The first-order valence-electron chi connectivity index (χ1n) is 10.5. The molecule has 7 heteroatoms. The quantitative estimate of drug-likeness (QED) is 0.431. The fourth-order valence-corrected chi connectivity index (χ4v) is 4.32. The molecule has 0 unspecified atom stereocenters. The smallest absolute Gasteiger partial charge is 0.231 e. The number of hydrogen-bond donors (Lipinski definition) is 0. The van der Waals surface area contributed by atoms with Crippen LogP contribution in [0.15, 0.2) is 42.5 Å². The van der Waals surface area contributed by atoms with Gasteiger partial charge in [0.1, 0.15) is 11.8 Å². The summed E-state index contributed by atoms with van der Waals surface area (Å²) in [5, 5.41) is 10.9. The first-order valence-corrected chi connectivity index (χ1v) is 12.3. The van der Waals surface area contributed by atoms with E-state index in [1.54, 1.807) is 19.2 Å². The van der Waals surface area contributed by atoms with Crippen LogP contribution in [0.4, 0.5) is 5.69 Å². The van der Waals surface area contributed by atoms with Crippen LogP contribution < -0.4 is 9.04 Å². The third-order valence-corrected chi connectivity index (χ3v) is 6.83. The molecule has 0 fully saturated rings. The lowest BCUT2D eigenvalue weighted by molar-refractivity contribution is 0.415. The highest BCUT2D eigenvalue weighted by atomic mass is 32.2. The number of anilines is 1. The fourth-order valence-electron chi connectivity index (χ4n) is 3.82. The minimum atomic E-state index is -3.34. The molecule has 3 aromatic rings. The van der Waals surface area contributed by atoms with Crippen LogP contribution in [-0.4, -0.2) is 33.4 Å². The van der Waals surface area contributed by atoms with Gasteiger partial charge in [-0.05, 0) is 36.2 Å². The molecule has 0 bridgehead atoms. The first kappa shape index (κ1) is 22.7. The number of ether oxygens (including phenoxy) is 1. The molecule has 31 heavy (non-hydrogen) atoms. The Bertz CT molecular complexity index is 1210. The van der Waals surface area contributed by atoms with Crippen LogP contribution in [0.5, 0.6) is 5.75 Å². The lowest BCUT2D eigenvalue weighted by atomic mass is 10.1. The molecule has 0 radical (unpaired) electrons. The van der Waals surface area contributed by atoms with Crippen LogP contribution in [0.3, 0.4) is 0 Å². The molecule has 0 saturated heterocycles. The predicted octanol–water partition coefficient (Wildman–Crippen LogP) is 5.16. The van der Waals surface area contributed by atoms with Gasteiger partial charge >= 0.3 is 0 Å². The van der Waals surface area contributed by atoms with Gasteiger partial charge in [-0.3, -0.25) is 4.31 Å². The minimum Gasteiger partial charge on any atom is -0.497 e. The maximum absolute atomic E-state index is 11.9. The van der Waals surface area contributed by atoms with E-state index in [1.165, 1.54) is 24.0 Å². The van der Waals surface area contributed by atoms with Crippen molar-refractivity contribution in [1.29, 1.82) is 5.26 Å². The number of rotatable bonds is 9. The van der Waals surface area contributed by atoms with Gasteiger partial charge < -0.3 is 9.30 Å². The van der Waals surface area contributed by atoms with Gasteiger partial charge in [0.2, 0.25) is 10.0 Å². The molecule has 164 valence electrons. The van der Waals surface area contributed by atoms with Crippen molar-refractivity contribution in [3.8, 4) is 23.1 Å². The third-order valence-electron chi connectivity index (χ3n) is 5.62. The summed E-state index contributed by atoms with van der Waals surface area (Å²) in [6.45, 7) is 2.98. The average Bonchev–Trinajstić information content (AvgIpc) is 3.08. The normalized spacial score (nSPS) is 11.5. The Kier molecular flexibility index (Phi) is 6.91. The van der Waals surface area contributed by atoms with E-state index in [1.807, 2.05) is 30.3 Å². The van der Waals surface area contributed by atoms with Crippen LogP contribution >= 0.6 is 0 Å². The number of unbranched alkanes of at least 4 members (excludes halogenated alkanes) is 3. The van der Waals surface area contributed by atoms with Gasteiger partial charge in [0.15, 0.2) is 0 Å². The van der Waals surface area contributed by atoms with Crippen LogP contribution in [0.1, 0.15) is 38.2 Å². The van der Waals surface area contributed by atoms with Gasteiger partial charge in [0, 0.05) is 25.0 Å². The Morgan fingerprint density at radius 2 is 1.81 bits per heavy atom. The SMILES string of the molecule is CCCCCCn1c(-c2ccc(N(C)S(C)(=O)=O)cc2)c(C#N)c2ccc(OC)cc21. The number of aromatic nitrogens is 1. The van der Waals surface area contributed by atoms with Gasteiger partial charge in [0.05, 0.1) is 35.8 Å². The van der Waals surface area contributed by atoms with Gasteiger partial charge in [-0.2, -0.15) is 5.26 Å². The van der Waals surface area contributed by atoms with Crippen molar-refractivity contribution in [2.45, 2.75) is 39.2 Å². The van der Waals surface area contributed by atoms with Crippen molar-refractivity contribution in [3.05, 3.63) is 48.0 Å². The summed E-state index contributed by atoms with van der Waals surface area (Å²) in [6, 6.07) is 15.5. The second-order valence-electron chi connectivity index (χ2n) is 7.71. The molecule has 6 nitrogen and oxygen atoms in total. The molecular weight excluding hydrogens is 410 g/mol. The van der Waals surface area contributed by atoms with E-state index >= 15 is 0 Å². The number of benzene rings is 2. The van der Waals surface area contributed by atoms with Crippen LogP contribution in [0, 0.1) is 11.3 Å². The van der Waals surface area contributed by atoms with Crippen molar-refractivity contribution < 1.29 is 13.2 Å². The largest absolute Gasteiger partial charge is 0.497 e. The number of hydrogen-bond acceptors (Lipinski definition) is 4. The molecule has 0 spiro atoms. The topological polar surface area (TPSA) is 75.3 Å². The third kappa shape index (κ3) is 4.70. The van der Waals surface area contributed by atoms with E-state index < -0.39 is 10.0 Å². The van der Waals surface area contributed by atoms with Crippen molar-refractivity contribution in [1.82, 2.24) is 4.57 Å². The van der Waals surface area contributed by atoms with E-state index in [0.29, 0.717) is 11.3 Å². The molecule has 0 aliphatic heterocycles. The monoisotopic (exact) mass is 439 g/mol. The molecule has 0 atom stereocenters. The zero-order valence-corrected chi connectivity index (χ0v) is 19.4. The number of aryl methyl sites for hydroxylation is 1. The fraction of sp³-hybridized carbons (Fsp3) is 0.375. The Morgan fingerprint density at radius 3 is 2.39 bits per heavy atom. The van der Waals surface area contributed by atoms with Gasteiger partial charge in [-0.15, -0.1) is 0 Å². The zero-order chi connectivity index (χ0) is 22.6. The van der Waals surface area contributed by atoms with Crippen LogP contribution in [-0.2, 0) is 16.6 Å². The Labute approximate surface area is 184 Å². The molecule has 2 aromatic carbocycles. The summed E-state index contributed by atoms with van der Waals surface area (Å²) in [5.74, 6) is 0.751. The molecule has 0 amide bonds. The number of fused-ring (bicyclic) bond motifs is 1. The summed E-state index contributed by atoms with van der Waals surface area (Å²) in [6.07, 6.45) is 5.65. The van der Waals surface area contributed by atoms with Crippen molar-refractivity contribution >= 4 is 26.6 Å². The molecule has 0 saturated carbocycles. The van der Waals surface area contributed by atoms with E-state index in [-0.39, 0.29) is 0 Å². The van der Waals surface area contributed by atoms with E-state index in [0.717, 1.165) is 53.7 Å². The highest BCUT2D eigenvalue weighted by molar-refractivity contribution is 7.92. The highest BCUT2D eigenvalue weighted by Crippen LogP contribution is 2.36. The number of sulfonamides is 1. The molecular formula is C24H29N3O3S. The maximum atomic E-state index is 11.9. The summed E-state index contributed by atoms with van der Waals surface area (Å²) < 4.78 is 32.6.